The van der Waals surface area contributed by atoms with Crippen molar-refractivity contribution < 1.29 is 9.53 Å². The van der Waals surface area contributed by atoms with Gasteiger partial charge in [-0.05, 0) is 94.6 Å². The van der Waals surface area contributed by atoms with E-state index < -0.39 is 5.60 Å². The number of hydrogen-bond acceptors (Lipinski definition) is 4. The number of aromatic nitrogens is 1. The first-order chi connectivity index (χ1) is 16.2. The zero-order valence-electron chi connectivity index (χ0n) is 21.2. The fraction of sp³-hybridized carbons (Fsp3) is 0.448. The van der Waals surface area contributed by atoms with Crippen molar-refractivity contribution >= 4 is 23.7 Å². The first-order valence-corrected chi connectivity index (χ1v) is 12.3. The van der Waals surface area contributed by atoms with Crippen LogP contribution in [0.25, 0.3) is 10.9 Å². The molecule has 180 valence electrons. The fourth-order valence-electron chi connectivity index (χ4n) is 5.23. The number of benzene rings is 2. The molecule has 2 aromatic carbocycles. The molecule has 2 heterocycles. The Hall–Kier alpha value is -2.92. The number of aryl methyl sites for hydroxylation is 2. The zero-order chi connectivity index (χ0) is 24.5. The van der Waals surface area contributed by atoms with Gasteiger partial charge in [-0.1, -0.05) is 36.8 Å². The summed E-state index contributed by atoms with van der Waals surface area (Å²) in [5, 5.41) is 1.14. The molecule has 1 saturated heterocycles. The average Bonchev–Trinajstić information content (AvgIpc) is 3.22. The number of aliphatic imine (C=N–C) groups is 1. The van der Waals surface area contributed by atoms with E-state index in [0.717, 1.165) is 36.0 Å². The summed E-state index contributed by atoms with van der Waals surface area (Å²) < 4.78 is 7.34. The SMILES string of the molecule is C=NCc1cccc(C2CCCCN2Cc2c(C)cc(C)c3c2ccn3C(=O)OC(C)(C)C)c1. The summed E-state index contributed by atoms with van der Waals surface area (Å²) in [6.45, 7) is 16.2. The van der Waals surface area contributed by atoms with Crippen LogP contribution in [0.4, 0.5) is 4.79 Å². The van der Waals surface area contributed by atoms with Gasteiger partial charge in [0.2, 0.25) is 0 Å². The van der Waals surface area contributed by atoms with Gasteiger partial charge in [0, 0.05) is 24.2 Å². The molecule has 1 aromatic heterocycles. The van der Waals surface area contributed by atoms with E-state index in [4.69, 9.17) is 4.74 Å². The van der Waals surface area contributed by atoms with E-state index in [0.29, 0.717) is 12.6 Å². The molecule has 5 heteroatoms. The molecule has 1 aliphatic rings. The van der Waals surface area contributed by atoms with E-state index in [9.17, 15) is 4.79 Å². The minimum absolute atomic E-state index is 0.330. The third-order valence-electron chi connectivity index (χ3n) is 6.69. The molecule has 0 aliphatic carbocycles. The largest absolute Gasteiger partial charge is 0.443 e. The lowest BCUT2D eigenvalue weighted by molar-refractivity contribution is 0.0544. The number of likely N-dealkylation sites (tertiary alicyclic amines) is 1. The lowest BCUT2D eigenvalue weighted by atomic mass is 9.92. The van der Waals surface area contributed by atoms with Crippen molar-refractivity contribution in [3.63, 3.8) is 0 Å². The maximum absolute atomic E-state index is 12.9. The monoisotopic (exact) mass is 459 g/mol. The van der Waals surface area contributed by atoms with E-state index in [1.165, 1.54) is 35.1 Å². The Balaban J connectivity index is 1.70. The van der Waals surface area contributed by atoms with Crippen LogP contribution in [0, 0.1) is 13.8 Å². The van der Waals surface area contributed by atoms with Crippen LogP contribution in [0.3, 0.4) is 0 Å². The number of carbonyl (C=O) groups is 1. The summed E-state index contributed by atoms with van der Waals surface area (Å²) in [6, 6.07) is 13.4. The summed E-state index contributed by atoms with van der Waals surface area (Å²) in [5.74, 6) is 0. The van der Waals surface area contributed by atoms with Gasteiger partial charge in [0.1, 0.15) is 5.60 Å². The second kappa shape index (κ2) is 9.75. The molecule has 0 N–H and O–H groups in total. The van der Waals surface area contributed by atoms with Gasteiger partial charge in [-0.3, -0.25) is 14.5 Å². The summed E-state index contributed by atoms with van der Waals surface area (Å²) >= 11 is 0. The van der Waals surface area contributed by atoms with Gasteiger partial charge in [-0.25, -0.2) is 4.79 Å². The van der Waals surface area contributed by atoms with Gasteiger partial charge < -0.3 is 4.74 Å². The predicted molar refractivity (Wildman–Crippen MR) is 140 cm³/mol. The molecule has 0 radical (unpaired) electrons. The molecular weight excluding hydrogens is 422 g/mol. The summed E-state index contributed by atoms with van der Waals surface area (Å²) in [4.78, 5) is 19.6. The van der Waals surface area contributed by atoms with Crippen LogP contribution in [-0.4, -0.2) is 34.4 Å². The van der Waals surface area contributed by atoms with Crippen LogP contribution in [0.5, 0.6) is 0 Å². The summed E-state index contributed by atoms with van der Waals surface area (Å²) in [7, 11) is 0. The maximum atomic E-state index is 12.9. The molecule has 1 aliphatic heterocycles. The number of hydrogen-bond donors (Lipinski definition) is 0. The Morgan fingerprint density at radius 2 is 1.94 bits per heavy atom. The number of rotatable bonds is 5. The number of carbonyl (C=O) groups excluding carboxylic acids is 1. The Morgan fingerprint density at radius 3 is 2.68 bits per heavy atom. The topological polar surface area (TPSA) is 46.8 Å². The number of ether oxygens (including phenoxy) is 1. The molecule has 1 atom stereocenters. The van der Waals surface area contributed by atoms with Crippen LogP contribution in [0.1, 0.15) is 73.9 Å². The molecular formula is C29H37N3O2. The Labute approximate surface area is 203 Å². The highest BCUT2D eigenvalue weighted by Crippen LogP contribution is 2.35. The second-order valence-electron chi connectivity index (χ2n) is 10.5. The van der Waals surface area contributed by atoms with Crippen LogP contribution < -0.4 is 0 Å². The van der Waals surface area contributed by atoms with Crippen molar-refractivity contribution in [1.29, 1.82) is 0 Å². The molecule has 5 nitrogen and oxygen atoms in total. The second-order valence-corrected chi connectivity index (χ2v) is 10.5. The van der Waals surface area contributed by atoms with Gasteiger partial charge in [-0.15, -0.1) is 0 Å². The molecule has 0 bridgehead atoms. The number of piperidine rings is 1. The zero-order valence-corrected chi connectivity index (χ0v) is 21.2. The van der Waals surface area contributed by atoms with E-state index in [1.807, 2.05) is 27.0 Å². The van der Waals surface area contributed by atoms with Crippen LogP contribution in [0.15, 0.2) is 47.6 Å². The Bertz CT molecular complexity index is 1200. The lowest BCUT2D eigenvalue weighted by Gasteiger charge is -2.37. The smallest absolute Gasteiger partial charge is 0.418 e. The lowest BCUT2D eigenvalue weighted by Crippen LogP contribution is -2.33. The highest BCUT2D eigenvalue weighted by Gasteiger charge is 2.27. The average molecular weight is 460 g/mol. The third kappa shape index (κ3) is 5.10. The standard InChI is InChI=1S/C29H37N3O2/c1-20-16-21(2)27-24(13-15-32(27)28(33)34-29(3,4)5)25(20)19-31-14-8-7-12-26(31)23-11-9-10-22(17-23)18-30-6/h9-11,13,15-17,26H,6-8,12,14,18-19H2,1-5H3. The van der Waals surface area contributed by atoms with Crippen molar-refractivity contribution in [2.75, 3.05) is 6.54 Å². The minimum atomic E-state index is -0.536. The van der Waals surface area contributed by atoms with Crippen LogP contribution >= 0.6 is 0 Å². The third-order valence-corrected chi connectivity index (χ3v) is 6.69. The minimum Gasteiger partial charge on any atom is -0.443 e. The first-order valence-electron chi connectivity index (χ1n) is 12.3. The van der Waals surface area contributed by atoms with Crippen molar-refractivity contribution in [1.82, 2.24) is 9.47 Å². The van der Waals surface area contributed by atoms with Crippen LogP contribution in [-0.2, 0) is 17.8 Å². The van der Waals surface area contributed by atoms with Gasteiger partial charge in [0.25, 0.3) is 0 Å². The van der Waals surface area contributed by atoms with E-state index >= 15 is 0 Å². The van der Waals surface area contributed by atoms with Crippen molar-refractivity contribution in [3.8, 4) is 0 Å². The van der Waals surface area contributed by atoms with E-state index in [-0.39, 0.29) is 6.09 Å². The van der Waals surface area contributed by atoms with E-state index in [2.05, 4.69) is 66.9 Å². The highest BCUT2D eigenvalue weighted by molar-refractivity contribution is 5.94. The number of nitrogens with zero attached hydrogens (tertiary/aromatic N) is 3. The van der Waals surface area contributed by atoms with Gasteiger partial charge >= 0.3 is 6.09 Å². The van der Waals surface area contributed by atoms with Gasteiger partial charge in [-0.2, -0.15) is 0 Å². The summed E-state index contributed by atoms with van der Waals surface area (Å²) in [5.41, 5.74) is 6.62. The number of fused-ring (bicyclic) bond motifs is 1. The normalized spacial score (nSPS) is 17.1. The molecule has 0 spiro atoms. The molecule has 3 aromatic rings. The Kier molecular flexibility index (Phi) is 6.94. The van der Waals surface area contributed by atoms with E-state index in [1.54, 1.807) is 4.57 Å². The molecule has 0 saturated carbocycles. The van der Waals surface area contributed by atoms with Crippen LogP contribution in [0.2, 0.25) is 0 Å². The van der Waals surface area contributed by atoms with Crippen molar-refractivity contribution in [3.05, 3.63) is 70.4 Å². The molecule has 4 rings (SSSR count). The van der Waals surface area contributed by atoms with Crippen molar-refractivity contribution in [2.45, 2.75) is 78.6 Å². The molecule has 1 fully saturated rings. The Morgan fingerprint density at radius 1 is 1.15 bits per heavy atom. The first kappa shape index (κ1) is 24.2. The quantitative estimate of drug-likeness (QED) is 0.387. The fourth-order valence-corrected chi connectivity index (χ4v) is 5.23. The molecule has 0 amide bonds. The molecule has 34 heavy (non-hydrogen) atoms. The van der Waals surface area contributed by atoms with Gasteiger partial charge in [0.15, 0.2) is 0 Å². The molecule has 1 unspecified atom stereocenters. The highest BCUT2D eigenvalue weighted by atomic mass is 16.6. The van der Waals surface area contributed by atoms with Crippen molar-refractivity contribution in [2.24, 2.45) is 4.99 Å². The maximum Gasteiger partial charge on any atom is 0.418 e. The van der Waals surface area contributed by atoms with Gasteiger partial charge in [0.05, 0.1) is 12.1 Å². The predicted octanol–water partition coefficient (Wildman–Crippen LogP) is 6.97. The summed E-state index contributed by atoms with van der Waals surface area (Å²) in [6.07, 6.45) is 5.12.